The first kappa shape index (κ1) is 13.3. The second-order valence-electron chi connectivity index (χ2n) is 4.01. The van der Waals surface area contributed by atoms with Gasteiger partial charge in [0.15, 0.2) is 5.82 Å². The van der Waals surface area contributed by atoms with Crippen LogP contribution >= 0.6 is 0 Å². The number of tetrazole rings is 1. The number of hydrogen-bond donors (Lipinski definition) is 1. The van der Waals surface area contributed by atoms with E-state index in [1.165, 1.54) is 0 Å². The van der Waals surface area contributed by atoms with Crippen LogP contribution in [0.1, 0.15) is 5.82 Å². The van der Waals surface area contributed by atoms with Crippen LogP contribution < -0.4 is 5.32 Å². The molecule has 0 aliphatic carbocycles. The fraction of sp³-hybridized carbons (Fsp3) is 0.900. The maximum Gasteiger partial charge on any atom is 0.165 e. The number of ether oxygens (including phenoxy) is 3. The van der Waals surface area contributed by atoms with Crippen LogP contribution in [0.3, 0.4) is 0 Å². The van der Waals surface area contributed by atoms with E-state index in [2.05, 4.69) is 20.8 Å². The third-order valence-corrected chi connectivity index (χ3v) is 2.63. The fourth-order valence-electron chi connectivity index (χ4n) is 1.70. The van der Waals surface area contributed by atoms with Gasteiger partial charge in [0, 0.05) is 13.7 Å². The summed E-state index contributed by atoms with van der Waals surface area (Å²) in [6.45, 7) is 4.56. The summed E-state index contributed by atoms with van der Waals surface area (Å²) in [5, 5.41) is 14.8. The molecule has 0 spiro atoms. The van der Waals surface area contributed by atoms with Crippen LogP contribution in [0.15, 0.2) is 0 Å². The molecule has 0 amide bonds. The van der Waals surface area contributed by atoms with Crippen LogP contribution in [-0.4, -0.2) is 66.4 Å². The van der Waals surface area contributed by atoms with E-state index in [4.69, 9.17) is 14.2 Å². The molecule has 8 heteroatoms. The lowest BCUT2D eigenvalue weighted by molar-refractivity contribution is -0.0950. The lowest BCUT2D eigenvalue weighted by Crippen LogP contribution is -2.33. The van der Waals surface area contributed by atoms with Crippen molar-refractivity contribution in [3.8, 4) is 0 Å². The molecule has 1 atom stereocenters. The molecular weight excluding hydrogens is 238 g/mol. The summed E-state index contributed by atoms with van der Waals surface area (Å²) in [5.74, 6) is 0.792. The Morgan fingerprint density at radius 2 is 2.44 bits per heavy atom. The smallest absolute Gasteiger partial charge is 0.165 e. The van der Waals surface area contributed by atoms with E-state index in [-0.39, 0.29) is 6.10 Å². The van der Waals surface area contributed by atoms with Gasteiger partial charge in [0.05, 0.1) is 39.5 Å². The SMILES string of the molecule is COCCNCc1nnnn1CC1COCCO1. The first-order valence-electron chi connectivity index (χ1n) is 6.04. The van der Waals surface area contributed by atoms with Crippen LogP contribution in [0.2, 0.25) is 0 Å². The second-order valence-corrected chi connectivity index (χ2v) is 4.01. The quantitative estimate of drug-likeness (QED) is 0.616. The molecular formula is C10H19N5O3. The number of nitrogens with one attached hydrogen (secondary N) is 1. The van der Waals surface area contributed by atoms with Crippen molar-refractivity contribution in [2.45, 2.75) is 19.2 Å². The largest absolute Gasteiger partial charge is 0.383 e. The molecule has 0 radical (unpaired) electrons. The number of aromatic nitrogens is 4. The number of hydrogen-bond acceptors (Lipinski definition) is 7. The minimum absolute atomic E-state index is 0.0278. The monoisotopic (exact) mass is 257 g/mol. The van der Waals surface area contributed by atoms with Gasteiger partial charge >= 0.3 is 0 Å². The Balaban J connectivity index is 1.79. The van der Waals surface area contributed by atoms with Crippen molar-refractivity contribution in [2.75, 3.05) is 40.1 Å². The third-order valence-electron chi connectivity index (χ3n) is 2.63. The lowest BCUT2D eigenvalue weighted by atomic mass is 10.3. The van der Waals surface area contributed by atoms with Gasteiger partial charge in [0.2, 0.25) is 0 Å². The molecule has 1 unspecified atom stereocenters. The zero-order valence-corrected chi connectivity index (χ0v) is 10.5. The van der Waals surface area contributed by atoms with E-state index in [0.717, 1.165) is 12.4 Å². The summed E-state index contributed by atoms with van der Waals surface area (Å²) in [5.41, 5.74) is 0. The average Bonchev–Trinajstić information content (AvgIpc) is 2.83. The Morgan fingerprint density at radius 3 is 3.22 bits per heavy atom. The van der Waals surface area contributed by atoms with Crippen LogP contribution in [0.25, 0.3) is 0 Å². The van der Waals surface area contributed by atoms with Crippen molar-refractivity contribution in [1.82, 2.24) is 25.5 Å². The van der Waals surface area contributed by atoms with E-state index in [1.54, 1.807) is 11.8 Å². The van der Waals surface area contributed by atoms with Crippen LogP contribution in [0, 0.1) is 0 Å². The van der Waals surface area contributed by atoms with Gasteiger partial charge in [0.25, 0.3) is 0 Å². The highest BCUT2D eigenvalue weighted by Crippen LogP contribution is 2.04. The summed E-state index contributed by atoms with van der Waals surface area (Å²) < 4.78 is 17.6. The lowest BCUT2D eigenvalue weighted by Gasteiger charge is -2.22. The van der Waals surface area contributed by atoms with Crippen molar-refractivity contribution in [2.24, 2.45) is 0 Å². The summed E-state index contributed by atoms with van der Waals surface area (Å²) in [6.07, 6.45) is 0.0278. The van der Waals surface area contributed by atoms with E-state index in [0.29, 0.717) is 39.5 Å². The van der Waals surface area contributed by atoms with Gasteiger partial charge in [-0.25, -0.2) is 4.68 Å². The topological polar surface area (TPSA) is 83.3 Å². The van der Waals surface area contributed by atoms with Gasteiger partial charge in [-0.2, -0.15) is 0 Å². The minimum Gasteiger partial charge on any atom is -0.383 e. The third kappa shape index (κ3) is 3.98. The molecule has 2 heterocycles. The zero-order valence-electron chi connectivity index (χ0n) is 10.5. The van der Waals surface area contributed by atoms with Gasteiger partial charge in [-0.05, 0) is 10.4 Å². The maximum absolute atomic E-state index is 5.57. The molecule has 1 aromatic heterocycles. The normalized spacial score (nSPS) is 20.2. The van der Waals surface area contributed by atoms with E-state index < -0.39 is 0 Å². The van der Waals surface area contributed by atoms with Gasteiger partial charge in [-0.15, -0.1) is 5.10 Å². The van der Waals surface area contributed by atoms with Crippen molar-refractivity contribution < 1.29 is 14.2 Å². The van der Waals surface area contributed by atoms with Crippen molar-refractivity contribution in [1.29, 1.82) is 0 Å². The molecule has 1 aliphatic rings. The Hall–Kier alpha value is -1.09. The molecule has 2 rings (SSSR count). The molecule has 1 aromatic rings. The van der Waals surface area contributed by atoms with Crippen LogP contribution in [-0.2, 0) is 27.3 Å². The molecule has 1 N–H and O–H groups in total. The molecule has 0 aromatic carbocycles. The molecule has 0 bridgehead atoms. The number of nitrogens with zero attached hydrogens (tertiary/aromatic N) is 4. The highest BCUT2D eigenvalue weighted by Gasteiger charge is 2.17. The summed E-state index contributed by atoms with van der Waals surface area (Å²) in [7, 11) is 1.67. The van der Waals surface area contributed by atoms with Gasteiger partial charge < -0.3 is 19.5 Å². The van der Waals surface area contributed by atoms with Gasteiger partial charge in [0.1, 0.15) is 6.10 Å². The summed E-state index contributed by atoms with van der Waals surface area (Å²) in [4.78, 5) is 0. The number of rotatable bonds is 7. The van der Waals surface area contributed by atoms with Crippen molar-refractivity contribution >= 4 is 0 Å². The predicted octanol–water partition coefficient (Wildman–Crippen LogP) is -1.18. The Bertz CT molecular complexity index is 340. The van der Waals surface area contributed by atoms with E-state index in [9.17, 15) is 0 Å². The molecule has 18 heavy (non-hydrogen) atoms. The Morgan fingerprint density at radius 1 is 1.50 bits per heavy atom. The number of methoxy groups -OCH3 is 1. The van der Waals surface area contributed by atoms with Crippen molar-refractivity contribution in [3.63, 3.8) is 0 Å². The van der Waals surface area contributed by atoms with Crippen LogP contribution in [0.4, 0.5) is 0 Å². The standard InChI is InChI=1S/C10H19N5O3/c1-16-3-2-11-6-10-12-13-14-15(10)7-9-8-17-4-5-18-9/h9,11H,2-8H2,1H3. The molecule has 1 saturated heterocycles. The average molecular weight is 257 g/mol. The summed E-state index contributed by atoms with van der Waals surface area (Å²) >= 11 is 0. The molecule has 1 aliphatic heterocycles. The molecule has 1 fully saturated rings. The van der Waals surface area contributed by atoms with Gasteiger partial charge in [-0.1, -0.05) is 0 Å². The van der Waals surface area contributed by atoms with Gasteiger partial charge in [-0.3, -0.25) is 0 Å². The zero-order chi connectivity index (χ0) is 12.6. The molecule has 8 nitrogen and oxygen atoms in total. The molecule has 0 saturated carbocycles. The Kier molecular flexibility index (Phi) is 5.46. The van der Waals surface area contributed by atoms with Crippen molar-refractivity contribution in [3.05, 3.63) is 5.82 Å². The fourth-order valence-corrected chi connectivity index (χ4v) is 1.70. The minimum atomic E-state index is 0.0278. The predicted molar refractivity (Wildman–Crippen MR) is 62.0 cm³/mol. The molecule has 102 valence electrons. The first-order valence-corrected chi connectivity index (χ1v) is 6.04. The highest BCUT2D eigenvalue weighted by molar-refractivity contribution is 4.81. The summed E-state index contributed by atoms with van der Waals surface area (Å²) in [6, 6.07) is 0. The maximum atomic E-state index is 5.57. The van der Waals surface area contributed by atoms with Crippen LogP contribution in [0.5, 0.6) is 0 Å². The first-order chi connectivity index (χ1) is 8.90. The van der Waals surface area contributed by atoms with E-state index in [1.807, 2.05) is 0 Å². The second kappa shape index (κ2) is 7.37. The van der Waals surface area contributed by atoms with E-state index >= 15 is 0 Å². The Labute approximate surface area is 106 Å². The highest BCUT2D eigenvalue weighted by atomic mass is 16.6.